The molecule has 0 fully saturated rings. The highest BCUT2D eigenvalue weighted by Crippen LogP contribution is 2.33. The maximum atomic E-state index is 11.9. The van der Waals surface area contributed by atoms with E-state index in [0.29, 0.717) is 11.1 Å². The summed E-state index contributed by atoms with van der Waals surface area (Å²) in [6.07, 6.45) is 2.18. The summed E-state index contributed by atoms with van der Waals surface area (Å²) in [5.41, 5.74) is 3.57. The number of phenolic OH excluding ortho intramolecular Hbond substituents is 2. The van der Waals surface area contributed by atoms with Gasteiger partial charge in [0.25, 0.3) is 0 Å². The van der Waals surface area contributed by atoms with Crippen molar-refractivity contribution < 1.29 is 38.5 Å². The second kappa shape index (κ2) is 11.4. The smallest absolute Gasteiger partial charge is 0.331 e. The molecule has 2 aromatic carbocycles. The van der Waals surface area contributed by atoms with E-state index in [1.165, 1.54) is 36.4 Å². The van der Waals surface area contributed by atoms with Gasteiger partial charge in [0.05, 0.1) is 22.3 Å². The molecule has 2 amide bonds. The predicted octanol–water partition coefficient (Wildman–Crippen LogP) is 3.03. The molecule has 4 N–H and O–H groups in total. The maximum Gasteiger partial charge on any atom is 0.331 e. The summed E-state index contributed by atoms with van der Waals surface area (Å²) in [6, 6.07) is 13.3. The number of aromatic hydroxyl groups is 2. The van der Waals surface area contributed by atoms with E-state index in [-0.39, 0.29) is 23.0 Å². The van der Waals surface area contributed by atoms with Crippen molar-refractivity contribution in [2.75, 3.05) is 0 Å². The van der Waals surface area contributed by atoms with Crippen LogP contribution in [0.25, 0.3) is 22.6 Å². The van der Waals surface area contributed by atoms with Crippen molar-refractivity contribution in [3.63, 3.8) is 0 Å². The lowest BCUT2D eigenvalue weighted by Gasteiger charge is -1.99. The van der Waals surface area contributed by atoms with Crippen LogP contribution in [0.15, 0.2) is 79.7 Å². The molecule has 4 aromatic rings. The molecule has 0 unspecified atom stereocenters. The number of carbonyl (C=O) groups is 2. The van der Waals surface area contributed by atoms with Gasteiger partial charge in [-0.05, 0) is 48.5 Å². The number of furan rings is 2. The lowest BCUT2D eigenvalue weighted by atomic mass is 10.1. The lowest BCUT2D eigenvalue weighted by molar-refractivity contribution is -0.385. The molecule has 0 atom stereocenters. The molecule has 2 aromatic heterocycles. The van der Waals surface area contributed by atoms with Crippen LogP contribution in [0.4, 0.5) is 11.4 Å². The third-order valence-corrected chi connectivity index (χ3v) is 5.09. The van der Waals surface area contributed by atoms with Gasteiger partial charge in [0.1, 0.15) is 23.0 Å². The Morgan fingerprint density at radius 2 is 1.10 bits per heavy atom. The van der Waals surface area contributed by atoms with Gasteiger partial charge < -0.3 is 19.0 Å². The van der Waals surface area contributed by atoms with Crippen molar-refractivity contribution in [3.05, 3.63) is 92.4 Å². The fraction of sp³-hybridized carbons (Fsp3) is 0. The van der Waals surface area contributed by atoms with E-state index >= 15 is 0 Å². The second-order valence-electron chi connectivity index (χ2n) is 7.72. The number of hydrogen-bond donors (Lipinski definition) is 4. The van der Waals surface area contributed by atoms with E-state index in [9.17, 15) is 40.0 Å². The number of benzene rings is 2. The van der Waals surface area contributed by atoms with Crippen LogP contribution in [-0.4, -0.2) is 44.3 Å². The summed E-state index contributed by atoms with van der Waals surface area (Å²) >= 11 is 0. The van der Waals surface area contributed by atoms with Crippen LogP contribution in [0.1, 0.15) is 11.5 Å². The zero-order valence-electron chi connectivity index (χ0n) is 19.9. The zero-order valence-corrected chi connectivity index (χ0v) is 19.9. The fourth-order valence-electron chi connectivity index (χ4n) is 3.21. The molecule has 4 rings (SSSR count). The molecule has 0 saturated carbocycles. The summed E-state index contributed by atoms with van der Waals surface area (Å²) in [5, 5.41) is 48.3. The summed E-state index contributed by atoms with van der Waals surface area (Å²) in [7, 11) is 0. The highest BCUT2D eigenvalue weighted by Gasteiger charge is 2.17. The number of amides is 2. The van der Waals surface area contributed by atoms with Gasteiger partial charge in [-0.3, -0.25) is 29.8 Å². The van der Waals surface area contributed by atoms with Crippen LogP contribution in [0.2, 0.25) is 0 Å². The average Bonchev–Trinajstić information content (AvgIpc) is 3.59. The number of phenols is 2. The van der Waals surface area contributed by atoms with Gasteiger partial charge >= 0.3 is 23.2 Å². The molecule has 0 radical (unpaired) electrons. The zero-order chi connectivity index (χ0) is 28.8. The summed E-state index contributed by atoms with van der Waals surface area (Å²) < 4.78 is 10.9. The Bertz CT molecular complexity index is 1560. The largest absolute Gasteiger partial charge is 0.502 e. The summed E-state index contributed by atoms with van der Waals surface area (Å²) in [6.45, 7) is 0. The van der Waals surface area contributed by atoms with Crippen molar-refractivity contribution in [1.29, 1.82) is 0 Å². The minimum absolute atomic E-state index is 0.150. The first-order valence-electron chi connectivity index (χ1n) is 10.9. The fourth-order valence-corrected chi connectivity index (χ4v) is 3.21. The molecular weight excluding hydrogens is 532 g/mol. The second-order valence-corrected chi connectivity index (χ2v) is 7.72. The lowest BCUT2D eigenvalue weighted by Crippen LogP contribution is -2.35. The van der Waals surface area contributed by atoms with E-state index in [1.54, 1.807) is 0 Å². The van der Waals surface area contributed by atoms with Gasteiger partial charge in [-0.1, -0.05) is 0 Å². The normalized spacial score (nSPS) is 11.1. The number of hydrazone groups is 2. The monoisotopic (exact) mass is 548 g/mol. The van der Waals surface area contributed by atoms with E-state index in [1.807, 2.05) is 10.9 Å². The van der Waals surface area contributed by atoms with Crippen LogP contribution < -0.4 is 10.9 Å². The third kappa shape index (κ3) is 6.14. The number of nitro groups is 2. The number of nitro benzene ring substituents is 2. The number of hydrogen-bond acceptors (Lipinski definition) is 12. The first-order valence-corrected chi connectivity index (χ1v) is 10.9. The number of rotatable bonds is 8. The topological polar surface area (TPSA) is 236 Å². The molecule has 0 saturated heterocycles. The van der Waals surface area contributed by atoms with Gasteiger partial charge in [0.2, 0.25) is 0 Å². The van der Waals surface area contributed by atoms with E-state index in [4.69, 9.17) is 8.83 Å². The van der Waals surface area contributed by atoms with Gasteiger partial charge in [0, 0.05) is 23.3 Å². The summed E-state index contributed by atoms with van der Waals surface area (Å²) in [5.74, 6) is -2.56. The van der Waals surface area contributed by atoms with Crippen LogP contribution in [-0.2, 0) is 9.59 Å². The van der Waals surface area contributed by atoms with Gasteiger partial charge in [0.15, 0.2) is 11.5 Å². The Kier molecular flexibility index (Phi) is 7.61. The van der Waals surface area contributed by atoms with Gasteiger partial charge in [-0.15, -0.1) is 0 Å². The molecule has 0 aliphatic carbocycles. The highest BCUT2D eigenvalue weighted by atomic mass is 16.6. The molecule has 0 aliphatic rings. The molecular formula is C24H16N6O10. The van der Waals surface area contributed by atoms with E-state index in [0.717, 1.165) is 36.7 Å². The number of nitrogens with one attached hydrogen (secondary N) is 2. The van der Waals surface area contributed by atoms with Gasteiger partial charge in [-0.25, -0.2) is 10.9 Å². The Morgan fingerprint density at radius 3 is 1.48 bits per heavy atom. The summed E-state index contributed by atoms with van der Waals surface area (Å²) in [4.78, 5) is 44.3. The predicted molar refractivity (Wildman–Crippen MR) is 136 cm³/mol. The number of carbonyl (C=O) groups excluding carboxylic acids is 2. The minimum Gasteiger partial charge on any atom is -0.502 e. The Morgan fingerprint density at radius 1 is 0.700 bits per heavy atom. The standard InChI is InChI=1S/C24H16N6O10/c31-19-5-1-13(9-17(19)29(35)36)21-7-3-15(39-21)11-25-27-23(33)24(34)28-26-12-16-4-8-22(40-16)14-2-6-20(32)18(10-14)30(37)38/h1-12,31-32H,(H,27,33)(H,28,34). The first-order chi connectivity index (χ1) is 19.1. The average molecular weight is 548 g/mol. The van der Waals surface area contributed by atoms with Crippen molar-refractivity contribution in [1.82, 2.24) is 10.9 Å². The Balaban J connectivity index is 1.30. The molecule has 40 heavy (non-hydrogen) atoms. The molecule has 0 aliphatic heterocycles. The Labute approximate surface area is 222 Å². The maximum absolute atomic E-state index is 11.9. The van der Waals surface area contributed by atoms with Crippen molar-refractivity contribution in [2.24, 2.45) is 10.2 Å². The highest BCUT2D eigenvalue weighted by molar-refractivity contribution is 6.35. The van der Waals surface area contributed by atoms with E-state index < -0.39 is 44.5 Å². The Hall–Kier alpha value is -6.32. The minimum atomic E-state index is -1.16. The number of nitrogens with zero attached hydrogens (tertiary/aromatic N) is 4. The van der Waals surface area contributed by atoms with Crippen molar-refractivity contribution >= 4 is 35.6 Å². The third-order valence-electron chi connectivity index (χ3n) is 5.09. The molecule has 16 nitrogen and oxygen atoms in total. The van der Waals surface area contributed by atoms with Crippen LogP contribution in [0.3, 0.4) is 0 Å². The molecule has 2 heterocycles. The molecule has 0 bridgehead atoms. The molecule has 16 heteroatoms. The quantitative estimate of drug-likeness (QED) is 0.109. The van der Waals surface area contributed by atoms with E-state index in [2.05, 4.69) is 10.2 Å². The SMILES string of the molecule is O=C(NN=Cc1ccc(-c2ccc(O)c([N+](=O)[O-])c2)o1)C(=O)NN=Cc1ccc(-c2ccc(O)c([N+](=O)[O-])c2)o1. The van der Waals surface area contributed by atoms with Gasteiger partial charge in [-0.2, -0.15) is 10.2 Å². The van der Waals surface area contributed by atoms with Crippen molar-refractivity contribution in [3.8, 4) is 34.1 Å². The molecule has 0 spiro atoms. The first kappa shape index (κ1) is 26.7. The molecule has 202 valence electrons. The van der Waals surface area contributed by atoms with Crippen LogP contribution >= 0.6 is 0 Å². The van der Waals surface area contributed by atoms with Crippen LogP contribution in [0.5, 0.6) is 11.5 Å². The van der Waals surface area contributed by atoms with Crippen molar-refractivity contribution in [2.45, 2.75) is 0 Å². The van der Waals surface area contributed by atoms with Crippen LogP contribution in [0, 0.1) is 20.2 Å².